The molecular weight excluding hydrogens is 355 g/mol. The second kappa shape index (κ2) is 4.36. The van der Waals surface area contributed by atoms with Crippen molar-refractivity contribution in [1.82, 2.24) is 4.98 Å². The lowest BCUT2D eigenvalue weighted by molar-refractivity contribution is -0.142. The van der Waals surface area contributed by atoms with Crippen LogP contribution in [0.3, 0.4) is 0 Å². The molecule has 15 heavy (non-hydrogen) atoms. The van der Waals surface area contributed by atoms with Crippen LogP contribution in [0.15, 0.2) is 6.07 Å². The molecule has 0 amide bonds. The second-order valence-electron chi connectivity index (χ2n) is 2.48. The van der Waals surface area contributed by atoms with E-state index in [1.165, 1.54) is 22.6 Å². The zero-order chi connectivity index (χ0) is 11.8. The fourth-order valence-corrected chi connectivity index (χ4v) is 1.99. The number of alkyl halides is 5. The highest BCUT2D eigenvalue weighted by molar-refractivity contribution is 14.1. The third-order valence-corrected chi connectivity index (χ3v) is 2.56. The Hall–Kier alpha value is -0.180. The normalized spacial score (nSPS) is 12.3. The van der Waals surface area contributed by atoms with Crippen molar-refractivity contribution >= 4 is 34.2 Å². The van der Waals surface area contributed by atoms with E-state index in [9.17, 15) is 22.0 Å². The number of halogens is 7. The molecule has 0 saturated heterocycles. The smallest absolute Gasteiger partial charge is 0.240 e. The van der Waals surface area contributed by atoms with E-state index in [1.807, 2.05) is 0 Å². The highest BCUT2D eigenvalue weighted by Gasteiger charge is 2.36. The summed E-state index contributed by atoms with van der Waals surface area (Å²) in [5.74, 6) is 0. The monoisotopic (exact) mass is 357 g/mol. The molecular formula is C7H2ClF5IN. The van der Waals surface area contributed by atoms with Crippen LogP contribution in [0.2, 0.25) is 5.02 Å². The summed E-state index contributed by atoms with van der Waals surface area (Å²) in [6.45, 7) is 0. The minimum atomic E-state index is -4.76. The first kappa shape index (κ1) is 12.9. The largest absolute Gasteiger partial charge is 0.434 e. The van der Waals surface area contributed by atoms with Crippen molar-refractivity contribution in [2.45, 2.75) is 12.6 Å². The van der Waals surface area contributed by atoms with Crippen LogP contribution in [0.25, 0.3) is 0 Å². The third-order valence-electron chi connectivity index (χ3n) is 1.43. The maximum atomic E-state index is 12.3. The van der Waals surface area contributed by atoms with Crippen LogP contribution in [0.5, 0.6) is 0 Å². The van der Waals surface area contributed by atoms with Crippen molar-refractivity contribution in [1.29, 1.82) is 0 Å². The Morgan fingerprint density at radius 2 is 1.87 bits per heavy atom. The Labute approximate surface area is 99.8 Å². The Morgan fingerprint density at radius 3 is 2.27 bits per heavy atom. The molecule has 0 aromatic carbocycles. The van der Waals surface area contributed by atoms with Gasteiger partial charge in [-0.1, -0.05) is 11.6 Å². The summed E-state index contributed by atoms with van der Waals surface area (Å²) in [4.78, 5) is 2.83. The molecule has 0 unspecified atom stereocenters. The van der Waals surface area contributed by atoms with Crippen LogP contribution in [0, 0.1) is 3.57 Å². The van der Waals surface area contributed by atoms with E-state index in [2.05, 4.69) is 4.98 Å². The van der Waals surface area contributed by atoms with E-state index in [-0.39, 0.29) is 3.57 Å². The number of pyridine rings is 1. The van der Waals surface area contributed by atoms with Gasteiger partial charge in [-0.05, 0) is 28.7 Å². The van der Waals surface area contributed by atoms with Crippen molar-refractivity contribution in [3.8, 4) is 0 Å². The van der Waals surface area contributed by atoms with Crippen LogP contribution in [0.1, 0.15) is 17.8 Å². The van der Waals surface area contributed by atoms with Crippen molar-refractivity contribution in [3.63, 3.8) is 0 Å². The van der Waals surface area contributed by atoms with E-state index in [0.29, 0.717) is 0 Å². The Kier molecular flexibility index (Phi) is 3.75. The van der Waals surface area contributed by atoms with Crippen LogP contribution in [-0.2, 0) is 6.18 Å². The second-order valence-corrected chi connectivity index (χ2v) is 4.05. The standard InChI is InChI=1S/C7H2ClF5IN/c8-2-1-3(14)5(7(11,12)13)15-4(2)6(9)10/h1,6H. The van der Waals surface area contributed by atoms with Gasteiger partial charge in [-0.15, -0.1) is 0 Å². The minimum Gasteiger partial charge on any atom is -0.240 e. The predicted octanol–water partition coefficient (Wildman–Crippen LogP) is 4.30. The van der Waals surface area contributed by atoms with E-state index in [4.69, 9.17) is 11.6 Å². The lowest BCUT2D eigenvalue weighted by atomic mass is 10.3. The van der Waals surface area contributed by atoms with Crippen LogP contribution < -0.4 is 0 Å². The van der Waals surface area contributed by atoms with E-state index in [1.54, 1.807) is 0 Å². The van der Waals surface area contributed by atoms with Gasteiger partial charge in [0, 0.05) is 3.57 Å². The van der Waals surface area contributed by atoms with Gasteiger partial charge < -0.3 is 0 Å². The Bertz CT molecular complexity index is 378. The van der Waals surface area contributed by atoms with Gasteiger partial charge in [-0.3, -0.25) is 0 Å². The molecule has 1 heterocycles. The molecule has 0 N–H and O–H groups in total. The molecule has 0 atom stereocenters. The average molecular weight is 357 g/mol. The fraction of sp³-hybridized carbons (Fsp3) is 0.286. The molecule has 0 bridgehead atoms. The summed E-state index contributed by atoms with van der Waals surface area (Å²) in [6.07, 6.45) is -7.89. The summed E-state index contributed by atoms with van der Waals surface area (Å²) in [5.41, 5.74) is -2.40. The number of nitrogens with zero attached hydrogens (tertiary/aromatic N) is 1. The van der Waals surface area contributed by atoms with Gasteiger partial charge in [0.15, 0.2) is 5.69 Å². The van der Waals surface area contributed by atoms with Gasteiger partial charge in [-0.25, -0.2) is 13.8 Å². The molecule has 8 heteroatoms. The lowest BCUT2D eigenvalue weighted by Gasteiger charge is -2.10. The molecule has 1 rings (SSSR count). The molecule has 0 fully saturated rings. The molecule has 0 spiro atoms. The van der Waals surface area contributed by atoms with Gasteiger partial charge >= 0.3 is 6.18 Å². The summed E-state index contributed by atoms with van der Waals surface area (Å²) in [7, 11) is 0. The molecule has 1 nitrogen and oxygen atoms in total. The quantitative estimate of drug-likeness (QED) is 0.540. The fourth-order valence-electron chi connectivity index (χ4n) is 0.833. The first-order chi connectivity index (χ1) is 6.73. The third kappa shape index (κ3) is 2.90. The van der Waals surface area contributed by atoms with Crippen molar-refractivity contribution in [2.24, 2.45) is 0 Å². The predicted molar refractivity (Wildman–Crippen MR) is 51.9 cm³/mol. The van der Waals surface area contributed by atoms with Crippen molar-refractivity contribution < 1.29 is 22.0 Å². The van der Waals surface area contributed by atoms with E-state index < -0.39 is 29.0 Å². The van der Waals surface area contributed by atoms with Gasteiger partial charge in [0.2, 0.25) is 0 Å². The molecule has 1 aromatic rings. The van der Waals surface area contributed by atoms with Gasteiger partial charge in [0.1, 0.15) is 5.69 Å². The molecule has 0 aliphatic heterocycles. The summed E-state index contributed by atoms with van der Waals surface area (Å²) < 4.78 is 60.9. The zero-order valence-electron chi connectivity index (χ0n) is 6.75. The maximum Gasteiger partial charge on any atom is 0.434 e. The summed E-state index contributed by atoms with van der Waals surface area (Å²) >= 11 is 6.67. The molecule has 0 saturated carbocycles. The maximum absolute atomic E-state index is 12.3. The Morgan fingerprint density at radius 1 is 1.33 bits per heavy atom. The van der Waals surface area contributed by atoms with Crippen LogP contribution >= 0.6 is 34.2 Å². The molecule has 84 valence electrons. The highest BCUT2D eigenvalue weighted by atomic mass is 127. The van der Waals surface area contributed by atoms with Crippen molar-refractivity contribution in [2.75, 3.05) is 0 Å². The Balaban J connectivity index is 3.37. The summed E-state index contributed by atoms with van der Waals surface area (Å²) in [5, 5.41) is -0.470. The zero-order valence-corrected chi connectivity index (χ0v) is 9.66. The van der Waals surface area contributed by atoms with Crippen LogP contribution in [0.4, 0.5) is 22.0 Å². The number of aromatic nitrogens is 1. The summed E-state index contributed by atoms with van der Waals surface area (Å²) in [6, 6.07) is 0.819. The topological polar surface area (TPSA) is 12.9 Å². The van der Waals surface area contributed by atoms with Crippen LogP contribution in [-0.4, -0.2) is 4.98 Å². The van der Waals surface area contributed by atoms with Gasteiger partial charge in [-0.2, -0.15) is 13.2 Å². The number of hydrogen-bond donors (Lipinski definition) is 0. The van der Waals surface area contributed by atoms with E-state index >= 15 is 0 Å². The molecule has 0 aliphatic rings. The van der Waals surface area contributed by atoms with Gasteiger partial charge in [0.25, 0.3) is 6.43 Å². The number of rotatable bonds is 1. The average Bonchev–Trinajstić information content (AvgIpc) is 2.00. The molecule has 0 radical (unpaired) electrons. The molecule has 1 aromatic heterocycles. The SMILES string of the molecule is FC(F)c1nc(C(F)(F)F)c(I)cc1Cl. The van der Waals surface area contributed by atoms with E-state index in [0.717, 1.165) is 6.07 Å². The van der Waals surface area contributed by atoms with Gasteiger partial charge in [0.05, 0.1) is 5.02 Å². The minimum absolute atomic E-state index is 0.311. The molecule has 0 aliphatic carbocycles. The number of hydrogen-bond acceptors (Lipinski definition) is 1. The lowest BCUT2D eigenvalue weighted by Crippen LogP contribution is -2.12. The highest BCUT2D eigenvalue weighted by Crippen LogP contribution is 2.35. The first-order valence-electron chi connectivity index (χ1n) is 3.44. The van der Waals surface area contributed by atoms with Crippen molar-refractivity contribution in [3.05, 3.63) is 26.0 Å². The first-order valence-corrected chi connectivity index (χ1v) is 4.90.